The highest BCUT2D eigenvalue weighted by molar-refractivity contribution is 6.31. The Labute approximate surface area is 116 Å². The van der Waals surface area contributed by atoms with Gasteiger partial charge in [-0.15, -0.1) is 0 Å². The Bertz CT molecular complexity index is 605. The number of hydrogen-bond donors (Lipinski definition) is 0. The smallest absolute Gasteiger partial charge is 0.417 e. The lowest BCUT2D eigenvalue weighted by molar-refractivity contribution is -0.137. The van der Waals surface area contributed by atoms with Crippen molar-refractivity contribution in [3.8, 4) is 11.6 Å². The maximum absolute atomic E-state index is 12.5. The Morgan fingerprint density at radius 2 is 1.79 bits per heavy atom. The molecule has 0 unspecified atom stereocenters. The van der Waals surface area contributed by atoms with Gasteiger partial charge >= 0.3 is 6.18 Å². The van der Waals surface area contributed by atoms with Crippen molar-refractivity contribution in [2.75, 3.05) is 0 Å². The van der Waals surface area contributed by atoms with E-state index in [1.54, 1.807) is 0 Å². The topological polar surface area (TPSA) is 35.0 Å². The zero-order chi connectivity index (χ0) is 14.0. The van der Waals surface area contributed by atoms with Crippen molar-refractivity contribution < 1.29 is 17.9 Å². The van der Waals surface area contributed by atoms with Crippen molar-refractivity contribution in [3.05, 3.63) is 46.3 Å². The highest BCUT2D eigenvalue weighted by atomic mass is 35.5. The van der Waals surface area contributed by atoms with E-state index in [2.05, 4.69) is 9.97 Å². The average Bonchev–Trinajstić information content (AvgIpc) is 2.27. The normalized spacial score (nSPS) is 11.4. The summed E-state index contributed by atoms with van der Waals surface area (Å²) < 4.78 is 42.7. The van der Waals surface area contributed by atoms with Gasteiger partial charge in [-0.3, -0.25) is 0 Å². The number of alkyl halides is 3. The van der Waals surface area contributed by atoms with Crippen LogP contribution < -0.4 is 4.74 Å². The van der Waals surface area contributed by atoms with Crippen LogP contribution in [0, 0.1) is 0 Å². The fourth-order valence-electron chi connectivity index (χ4n) is 1.28. The SMILES string of the molecule is FC(F)(F)c1ccc(Oc2cc(Cl)ncn2)cc1Cl. The Hall–Kier alpha value is -1.53. The fraction of sp³-hybridized carbons (Fsp3) is 0.0909. The summed E-state index contributed by atoms with van der Waals surface area (Å²) in [5, 5.41) is -0.298. The van der Waals surface area contributed by atoms with Gasteiger partial charge in [0.15, 0.2) is 0 Å². The zero-order valence-corrected chi connectivity index (χ0v) is 10.6. The lowest BCUT2D eigenvalue weighted by Crippen LogP contribution is -2.05. The van der Waals surface area contributed by atoms with Gasteiger partial charge in [-0.2, -0.15) is 13.2 Å². The second kappa shape index (κ2) is 5.22. The molecule has 0 bridgehead atoms. The molecule has 0 saturated heterocycles. The molecule has 1 aromatic carbocycles. The van der Waals surface area contributed by atoms with E-state index in [-0.39, 0.29) is 16.8 Å². The third-order valence-corrected chi connectivity index (χ3v) is 2.60. The largest absolute Gasteiger partial charge is 0.439 e. The molecule has 0 saturated carbocycles. The molecular formula is C11H5Cl2F3N2O. The molecule has 0 N–H and O–H groups in total. The van der Waals surface area contributed by atoms with Crippen molar-refractivity contribution in [2.24, 2.45) is 0 Å². The second-order valence-corrected chi connectivity index (χ2v) is 4.21. The van der Waals surface area contributed by atoms with Crippen LogP contribution in [0.25, 0.3) is 0 Å². The van der Waals surface area contributed by atoms with E-state index in [1.165, 1.54) is 12.4 Å². The molecule has 8 heteroatoms. The van der Waals surface area contributed by atoms with Crippen LogP contribution in [-0.2, 0) is 6.18 Å². The van der Waals surface area contributed by atoms with Crippen LogP contribution in [0.4, 0.5) is 13.2 Å². The van der Waals surface area contributed by atoms with Gasteiger partial charge in [0.2, 0.25) is 5.88 Å². The fourth-order valence-corrected chi connectivity index (χ4v) is 1.70. The summed E-state index contributed by atoms with van der Waals surface area (Å²) in [7, 11) is 0. The minimum Gasteiger partial charge on any atom is -0.439 e. The van der Waals surface area contributed by atoms with E-state index in [0.29, 0.717) is 0 Å². The molecule has 0 aliphatic heterocycles. The molecule has 0 radical (unpaired) electrons. The Morgan fingerprint density at radius 3 is 2.37 bits per heavy atom. The van der Waals surface area contributed by atoms with Gasteiger partial charge in [-0.25, -0.2) is 9.97 Å². The monoisotopic (exact) mass is 308 g/mol. The van der Waals surface area contributed by atoms with Crippen LogP contribution in [0.2, 0.25) is 10.2 Å². The van der Waals surface area contributed by atoms with Crippen LogP contribution in [0.5, 0.6) is 11.6 Å². The number of rotatable bonds is 2. The first kappa shape index (κ1) is 13.9. The molecule has 19 heavy (non-hydrogen) atoms. The molecule has 2 rings (SSSR count). The first-order valence-electron chi connectivity index (χ1n) is 4.88. The summed E-state index contributed by atoms with van der Waals surface area (Å²) in [4.78, 5) is 7.40. The zero-order valence-electron chi connectivity index (χ0n) is 9.08. The molecule has 0 amide bonds. The summed E-state index contributed by atoms with van der Waals surface area (Å²) in [5.74, 6) is 0.226. The molecule has 0 atom stereocenters. The predicted molar refractivity (Wildman–Crippen MR) is 63.6 cm³/mol. The van der Waals surface area contributed by atoms with Crippen molar-refractivity contribution in [1.82, 2.24) is 9.97 Å². The van der Waals surface area contributed by atoms with Gasteiger partial charge in [-0.1, -0.05) is 23.2 Å². The number of hydrogen-bond acceptors (Lipinski definition) is 3. The second-order valence-electron chi connectivity index (χ2n) is 3.42. The van der Waals surface area contributed by atoms with Gasteiger partial charge in [0, 0.05) is 12.1 Å². The molecule has 100 valence electrons. The number of benzene rings is 1. The minimum absolute atomic E-state index is 0.107. The van der Waals surface area contributed by atoms with E-state index in [9.17, 15) is 13.2 Å². The standard InChI is InChI=1S/C11H5Cl2F3N2O/c12-8-3-6(1-2-7(8)11(14,15)16)19-10-4-9(13)17-5-18-10/h1-5H. The van der Waals surface area contributed by atoms with Crippen LogP contribution in [0.15, 0.2) is 30.6 Å². The maximum Gasteiger partial charge on any atom is 0.417 e. The van der Waals surface area contributed by atoms with E-state index in [4.69, 9.17) is 27.9 Å². The van der Waals surface area contributed by atoms with E-state index in [1.807, 2.05) is 0 Å². The first-order valence-corrected chi connectivity index (χ1v) is 5.64. The first-order chi connectivity index (χ1) is 8.86. The number of ether oxygens (including phenoxy) is 1. The van der Waals surface area contributed by atoms with Gasteiger partial charge in [-0.05, 0) is 12.1 Å². The highest BCUT2D eigenvalue weighted by Crippen LogP contribution is 2.37. The summed E-state index contributed by atoms with van der Waals surface area (Å²) in [5.41, 5.74) is -0.928. The van der Waals surface area contributed by atoms with E-state index < -0.39 is 16.8 Å². The summed E-state index contributed by atoms with van der Waals surface area (Å²) in [6, 6.07) is 4.36. The third kappa shape index (κ3) is 3.48. The van der Waals surface area contributed by atoms with Crippen molar-refractivity contribution in [3.63, 3.8) is 0 Å². The van der Waals surface area contributed by atoms with Gasteiger partial charge < -0.3 is 4.74 Å². The predicted octanol–water partition coefficient (Wildman–Crippen LogP) is 4.59. The Kier molecular flexibility index (Phi) is 3.82. The van der Waals surface area contributed by atoms with E-state index >= 15 is 0 Å². The lowest BCUT2D eigenvalue weighted by Gasteiger charge is -2.10. The molecule has 0 aliphatic carbocycles. The quantitative estimate of drug-likeness (QED) is 0.761. The summed E-state index contributed by atoms with van der Waals surface area (Å²) in [6.07, 6.45) is -3.34. The molecule has 0 spiro atoms. The molecule has 1 aromatic heterocycles. The van der Waals surface area contributed by atoms with E-state index in [0.717, 1.165) is 18.2 Å². The Balaban J connectivity index is 2.26. The minimum atomic E-state index is -4.51. The molecule has 0 fully saturated rings. The number of aromatic nitrogens is 2. The highest BCUT2D eigenvalue weighted by Gasteiger charge is 2.33. The maximum atomic E-state index is 12.5. The molecule has 3 nitrogen and oxygen atoms in total. The van der Waals surface area contributed by atoms with Crippen molar-refractivity contribution in [2.45, 2.75) is 6.18 Å². The van der Waals surface area contributed by atoms with Crippen LogP contribution >= 0.6 is 23.2 Å². The van der Waals surface area contributed by atoms with Gasteiger partial charge in [0.05, 0.1) is 10.6 Å². The summed E-state index contributed by atoms with van der Waals surface area (Å²) >= 11 is 11.2. The third-order valence-electron chi connectivity index (χ3n) is 2.08. The lowest BCUT2D eigenvalue weighted by atomic mass is 10.2. The molecular weight excluding hydrogens is 304 g/mol. The van der Waals surface area contributed by atoms with Crippen molar-refractivity contribution >= 4 is 23.2 Å². The molecule has 1 heterocycles. The number of halogens is 5. The van der Waals surface area contributed by atoms with Gasteiger partial charge in [0.25, 0.3) is 0 Å². The average molecular weight is 309 g/mol. The molecule has 2 aromatic rings. The van der Waals surface area contributed by atoms with Crippen LogP contribution in [0.1, 0.15) is 5.56 Å². The van der Waals surface area contributed by atoms with Crippen LogP contribution in [0.3, 0.4) is 0 Å². The molecule has 0 aliphatic rings. The number of nitrogens with zero attached hydrogens (tertiary/aromatic N) is 2. The van der Waals surface area contributed by atoms with Crippen molar-refractivity contribution in [1.29, 1.82) is 0 Å². The summed E-state index contributed by atoms with van der Waals surface area (Å²) in [6.45, 7) is 0. The Morgan fingerprint density at radius 1 is 1.05 bits per heavy atom. The van der Waals surface area contributed by atoms with Gasteiger partial charge in [0.1, 0.15) is 17.2 Å². The van der Waals surface area contributed by atoms with Crippen LogP contribution in [-0.4, -0.2) is 9.97 Å².